The van der Waals surface area contributed by atoms with E-state index in [4.69, 9.17) is 11.6 Å². The van der Waals surface area contributed by atoms with Gasteiger partial charge in [0.2, 0.25) is 10.1 Å². The molecule has 8 heteroatoms. The number of nitrogens with one attached hydrogen (secondary N) is 1. The summed E-state index contributed by atoms with van der Waals surface area (Å²) in [4.78, 5) is 17.1. The van der Waals surface area contributed by atoms with Gasteiger partial charge in [0, 0.05) is 47.5 Å². The molecule has 4 rings (SSSR count). The molecular formula is C18H18ClN5OS. The summed E-state index contributed by atoms with van der Waals surface area (Å²) in [5, 5.41) is 10.3. The van der Waals surface area contributed by atoms with Crippen LogP contribution in [0, 0.1) is 0 Å². The predicted molar refractivity (Wildman–Crippen MR) is 107 cm³/mol. The van der Waals surface area contributed by atoms with Crippen LogP contribution in [0.1, 0.15) is 18.2 Å². The van der Waals surface area contributed by atoms with Gasteiger partial charge >= 0.3 is 0 Å². The van der Waals surface area contributed by atoms with Crippen LogP contribution in [0.4, 0.5) is 5.13 Å². The number of anilines is 1. The van der Waals surface area contributed by atoms with E-state index in [2.05, 4.69) is 32.2 Å². The first-order chi connectivity index (χ1) is 12.5. The molecule has 0 aliphatic rings. The molecule has 0 bridgehead atoms. The minimum atomic E-state index is -0.137. The average molecular weight is 388 g/mol. The van der Waals surface area contributed by atoms with Gasteiger partial charge in [-0.25, -0.2) is 4.98 Å². The van der Waals surface area contributed by atoms with Crippen LogP contribution in [0.25, 0.3) is 15.9 Å². The van der Waals surface area contributed by atoms with Gasteiger partial charge in [0.1, 0.15) is 0 Å². The van der Waals surface area contributed by atoms with Gasteiger partial charge in [-0.15, -0.1) is 5.10 Å². The quantitative estimate of drug-likeness (QED) is 0.569. The molecule has 1 aromatic carbocycles. The summed E-state index contributed by atoms with van der Waals surface area (Å²) < 4.78 is 3.44. The Labute approximate surface area is 159 Å². The Balaban J connectivity index is 1.52. The lowest BCUT2D eigenvalue weighted by atomic mass is 10.1. The smallest absolute Gasteiger partial charge is 0.275 e. The molecule has 0 atom stereocenters. The van der Waals surface area contributed by atoms with E-state index < -0.39 is 0 Å². The lowest BCUT2D eigenvalue weighted by molar-refractivity contribution is 0.871. The van der Waals surface area contributed by atoms with E-state index in [9.17, 15) is 4.79 Å². The summed E-state index contributed by atoms with van der Waals surface area (Å²) in [5.41, 5.74) is 3.02. The van der Waals surface area contributed by atoms with E-state index in [0.717, 1.165) is 35.6 Å². The molecule has 0 aliphatic heterocycles. The van der Waals surface area contributed by atoms with Gasteiger partial charge in [-0.1, -0.05) is 35.9 Å². The van der Waals surface area contributed by atoms with Crippen molar-refractivity contribution >= 4 is 43.9 Å². The number of fused-ring (bicyclic) bond motifs is 2. The molecule has 0 unspecified atom stereocenters. The Morgan fingerprint density at radius 3 is 2.96 bits per heavy atom. The fourth-order valence-electron chi connectivity index (χ4n) is 3.05. The Morgan fingerprint density at radius 1 is 1.31 bits per heavy atom. The lowest BCUT2D eigenvalue weighted by Crippen LogP contribution is -2.15. The molecule has 6 nitrogen and oxygen atoms in total. The Hall–Kier alpha value is -2.38. The fraction of sp³-hybridized carbons (Fsp3) is 0.278. The van der Waals surface area contributed by atoms with Crippen molar-refractivity contribution in [3.8, 4) is 0 Å². The predicted octanol–water partition coefficient (Wildman–Crippen LogP) is 3.51. The van der Waals surface area contributed by atoms with Crippen LogP contribution in [0.3, 0.4) is 0 Å². The van der Waals surface area contributed by atoms with Crippen molar-refractivity contribution in [1.29, 1.82) is 0 Å². The highest BCUT2D eigenvalue weighted by atomic mass is 35.5. The maximum atomic E-state index is 12.1. The molecule has 0 radical (unpaired) electrons. The third-order valence-electron chi connectivity index (χ3n) is 4.37. The van der Waals surface area contributed by atoms with Crippen molar-refractivity contribution in [1.82, 2.24) is 19.2 Å². The van der Waals surface area contributed by atoms with Crippen molar-refractivity contribution in [2.24, 2.45) is 7.05 Å². The van der Waals surface area contributed by atoms with Gasteiger partial charge in [0.05, 0.1) is 0 Å². The third-order valence-corrected chi connectivity index (χ3v) is 5.47. The van der Waals surface area contributed by atoms with Crippen LogP contribution in [0.2, 0.25) is 5.02 Å². The Morgan fingerprint density at radius 2 is 2.15 bits per heavy atom. The molecule has 1 N–H and O–H groups in total. The topological polar surface area (TPSA) is 64.2 Å². The van der Waals surface area contributed by atoms with E-state index in [0.29, 0.717) is 10.1 Å². The summed E-state index contributed by atoms with van der Waals surface area (Å²) in [6.07, 6.45) is 3.70. The zero-order valence-electron chi connectivity index (χ0n) is 14.5. The summed E-state index contributed by atoms with van der Waals surface area (Å²) in [6, 6.07) is 7.49. The fourth-order valence-corrected chi connectivity index (χ4v) is 4.07. The molecule has 3 aromatic heterocycles. The molecular weight excluding hydrogens is 370 g/mol. The van der Waals surface area contributed by atoms with Gasteiger partial charge < -0.3 is 9.88 Å². The zero-order chi connectivity index (χ0) is 18.3. The highest BCUT2D eigenvalue weighted by Gasteiger charge is 2.10. The van der Waals surface area contributed by atoms with E-state index in [1.165, 1.54) is 32.9 Å². The van der Waals surface area contributed by atoms with Crippen molar-refractivity contribution in [2.75, 3.05) is 11.9 Å². The van der Waals surface area contributed by atoms with Crippen molar-refractivity contribution in [2.45, 2.75) is 19.8 Å². The minimum absolute atomic E-state index is 0.137. The molecule has 4 aromatic rings. The Bertz CT molecular complexity index is 1160. The summed E-state index contributed by atoms with van der Waals surface area (Å²) in [7, 11) is 2.02. The SMILES string of the molecule is CCc1cc(=O)n2nc(NCCc3cn(C)c4cc(Cl)ccc34)sc2n1. The number of benzene rings is 1. The van der Waals surface area contributed by atoms with Gasteiger partial charge in [-0.05, 0) is 30.5 Å². The molecule has 0 amide bonds. The third kappa shape index (κ3) is 3.08. The van der Waals surface area contributed by atoms with Gasteiger partial charge in [0.15, 0.2) is 0 Å². The van der Waals surface area contributed by atoms with Crippen LogP contribution in [-0.2, 0) is 19.9 Å². The lowest BCUT2D eigenvalue weighted by Gasteiger charge is -2.01. The van der Waals surface area contributed by atoms with E-state index >= 15 is 0 Å². The molecule has 0 saturated carbocycles. The van der Waals surface area contributed by atoms with Crippen molar-refractivity contribution in [3.63, 3.8) is 0 Å². The average Bonchev–Trinajstić information content (AvgIpc) is 3.16. The second-order valence-electron chi connectivity index (χ2n) is 6.14. The summed E-state index contributed by atoms with van der Waals surface area (Å²) in [5.74, 6) is 0. The maximum absolute atomic E-state index is 12.1. The molecule has 0 saturated heterocycles. The molecule has 3 heterocycles. The highest BCUT2D eigenvalue weighted by Crippen LogP contribution is 2.25. The van der Waals surface area contributed by atoms with Gasteiger partial charge in [0.25, 0.3) is 5.56 Å². The minimum Gasteiger partial charge on any atom is -0.360 e. The standard InChI is InChI=1S/C18H18ClN5OS/c1-3-13-9-16(25)24-18(21-13)26-17(22-24)20-7-6-11-10-23(2)15-8-12(19)4-5-14(11)15/h4-5,8-10H,3,6-7H2,1-2H3,(H,20,22). The molecule has 0 spiro atoms. The van der Waals surface area contributed by atoms with Crippen LogP contribution >= 0.6 is 22.9 Å². The zero-order valence-corrected chi connectivity index (χ0v) is 16.1. The number of aromatic nitrogens is 4. The molecule has 0 fully saturated rings. The normalized spacial score (nSPS) is 11.5. The number of nitrogens with zero attached hydrogens (tertiary/aromatic N) is 4. The monoisotopic (exact) mass is 387 g/mol. The first-order valence-corrected chi connectivity index (χ1v) is 9.61. The van der Waals surface area contributed by atoms with Crippen LogP contribution in [0.15, 0.2) is 35.3 Å². The molecule has 26 heavy (non-hydrogen) atoms. The van der Waals surface area contributed by atoms with Gasteiger partial charge in [-0.2, -0.15) is 4.52 Å². The second-order valence-corrected chi connectivity index (χ2v) is 7.54. The number of halogens is 1. The number of aryl methyl sites for hydroxylation is 2. The number of hydrogen-bond donors (Lipinski definition) is 1. The highest BCUT2D eigenvalue weighted by molar-refractivity contribution is 7.20. The van der Waals surface area contributed by atoms with Crippen LogP contribution in [-0.4, -0.2) is 25.7 Å². The number of hydrogen-bond acceptors (Lipinski definition) is 5. The van der Waals surface area contributed by atoms with Crippen molar-refractivity contribution in [3.05, 3.63) is 57.1 Å². The first-order valence-electron chi connectivity index (χ1n) is 8.42. The van der Waals surface area contributed by atoms with E-state index in [-0.39, 0.29) is 5.56 Å². The van der Waals surface area contributed by atoms with Gasteiger partial charge in [-0.3, -0.25) is 4.79 Å². The second kappa shape index (κ2) is 6.74. The van der Waals surface area contributed by atoms with Crippen LogP contribution in [0.5, 0.6) is 0 Å². The van der Waals surface area contributed by atoms with E-state index in [1.54, 1.807) is 0 Å². The van der Waals surface area contributed by atoms with Crippen molar-refractivity contribution < 1.29 is 0 Å². The molecule has 134 valence electrons. The molecule has 0 aliphatic carbocycles. The summed E-state index contributed by atoms with van der Waals surface area (Å²) >= 11 is 7.48. The Kier molecular flexibility index (Phi) is 4.42. The number of rotatable bonds is 5. The maximum Gasteiger partial charge on any atom is 0.275 e. The van der Waals surface area contributed by atoms with Crippen LogP contribution < -0.4 is 10.9 Å². The first kappa shape index (κ1) is 17.1. The summed E-state index contributed by atoms with van der Waals surface area (Å²) in [6.45, 7) is 2.70. The largest absolute Gasteiger partial charge is 0.360 e. The van der Waals surface area contributed by atoms with E-state index in [1.807, 2.05) is 26.1 Å².